The molecule has 2 aliphatic heterocycles. The first-order chi connectivity index (χ1) is 13.7. The minimum Gasteiger partial charge on any atom is -0.459 e. The maximum Gasteiger partial charge on any atom is 0.289 e. The lowest BCUT2D eigenvalue weighted by molar-refractivity contribution is 0.0713. The molecule has 2 amide bonds. The number of rotatable bonds is 3. The van der Waals surface area contributed by atoms with Crippen molar-refractivity contribution < 1.29 is 14.0 Å². The Bertz CT molecular complexity index is 788. The van der Waals surface area contributed by atoms with Crippen LogP contribution in [0.15, 0.2) is 41.1 Å². The fraction of sp³-hybridized carbons (Fsp3) is 0.476. The molecule has 7 heteroatoms. The molecule has 0 atom stereocenters. The minimum atomic E-state index is -0.0684. The largest absolute Gasteiger partial charge is 0.459 e. The van der Waals surface area contributed by atoms with Crippen LogP contribution in [0.4, 0.5) is 5.69 Å². The Morgan fingerprint density at radius 3 is 2.14 bits per heavy atom. The van der Waals surface area contributed by atoms with E-state index >= 15 is 0 Å². The van der Waals surface area contributed by atoms with Crippen LogP contribution < -0.4 is 4.90 Å². The zero-order chi connectivity index (χ0) is 19.3. The average Bonchev–Trinajstić information content (AvgIpc) is 3.15. The maximum atomic E-state index is 12.7. The smallest absolute Gasteiger partial charge is 0.289 e. The number of pyridine rings is 1. The SMILES string of the molecule is O=C(c1ccc(N2CCN(C(=O)c3ccco3)CC2)cn1)N1CCCCCC1. The molecule has 0 radical (unpaired) electrons. The molecule has 2 aromatic heterocycles. The van der Waals surface area contributed by atoms with Gasteiger partial charge in [-0.2, -0.15) is 0 Å². The number of hydrogen-bond acceptors (Lipinski definition) is 5. The van der Waals surface area contributed by atoms with Gasteiger partial charge in [-0.3, -0.25) is 9.59 Å². The predicted molar refractivity (Wildman–Crippen MR) is 105 cm³/mol. The second kappa shape index (κ2) is 8.46. The molecule has 2 saturated heterocycles. The number of hydrogen-bond donors (Lipinski definition) is 0. The number of likely N-dealkylation sites (tertiary alicyclic amines) is 1. The summed E-state index contributed by atoms with van der Waals surface area (Å²) in [5.41, 5.74) is 1.50. The van der Waals surface area contributed by atoms with Crippen molar-refractivity contribution in [3.8, 4) is 0 Å². The van der Waals surface area contributed by atoms with Gasteiger partial charge in [0.1, 0.15) is 5.69 Å². The van der Waals surface area contributed by atoms with Gasteiger partial charge < -0.3 is 19.1 Å². The Balaban J connectivity index is 1.34. The highest BCUT2D eigenvalue weighted by Crippen LogP contribution is 2.18. The summed E-state index contributed by atoms with van der Waals surface area (Å²) in [4.78, 5) is 35.4. The van der Waals surface area contributed by atoms with Crippen LogP contribution in [0, 0.1) is 0 Å². The molecule has 4 heterocycles. The number of amides is 2. The summed E-state index contributed by atoms with van der Waals surface area (Å²) in [6.07, 6.45) is 7.84. The third kappa shape index (κ3) is 4.03. The number of nitrogens with zero attached hydrogens (tertiary/aromatic N) is 4. The maximum absolute atomic E-state index is 12.7. The zero-order valence-electron chi connectivity index (χ0n) is 16.0. The summed E-state index contributed by atoms with van der Waals surface area (Å²) in [6.45, 7) is 4.38. The second-order valence-electron chi connectivity index (χ2n) is 7.36. The summed E-state index contributed by atoms with van der Waals surface area (Å²) < 4.78 is 5.20. The topological polar surface area (TPSA) is 69.9 Å². The normalized spacial score (nSPS) is 18.1. The van der Waals surface area contributed by atoms with E-state index in [1.165, 1.54) is 19.1 Å². The number of aromatic nitrogens is 1. The van der Waals surface area contributed by atoms with Gasteiger partial charge in [-0.05, 0) is 37.1 Å². The predicted octanol–water partition coefficient (Wildman–Crippen LogP) is 2.65. The quantitative estimate of drug-likeness (QED) is 0.816. The molecule has 0 aromatic carbocycles. The lowest BCUT2D eigenvalue weighted by atomic mass is 10.2. The van der Waals surface area contributed by atoms with Gasteiger partial charge in [0.05, 0.1) is 18.1 Å². The number of piperazine rings is 1. The van der Waals surface area contributed by atoms with Crippen molar-refractivity contribution in [2.24, 2.45) is 0 Å². The molecule has 2 aromatic rings. The molecule has 2 fully saturated rings. The minimum absolute atomic E-state index is 0.0299. The van der Waals surface area contributed by atoms with Crippen molar-refractivity contribution in [3.05, 3.63) is 48.2 Å². The van der Waals surface area contributed by atoms with Crippen LogP contribution in [-0.2, 0) is 0 Å². The molecule has 0 N–H and O–H groups in total. The summed E-state index contributed by atoms with van der Waals surface area (Å²) in [5, 5.41) is 0. The molecule has 7 nitrogen and oxygen atoms in total. The molecule has 148 valence electrons. The van der Waals surface area contributed by atoms with E-state index in [-0.39, 0.29) is 11.8 Å². The van der Waals surface area contributed by atoms with Gasteiger partial charge in [-0.15, -0.1) is 0 Å². The Kier molecular flexibility index (Phi) is 5.60. The van der Waals surface area contributed by atoms with Gasteiger partial charge in [0.2, 0.25) is 0 Å². The Hall–Kier alpha value is -2.83. The fourth-order valence-corrected chi connectivity index (χ4v) is 3.86. The highest BCUT2D eigenvalue weighted by atomic mass is 16.3. The van der Waals surface area contributed by atoms with E-state index in [1.54, 1.807) is 23.2 Å². The van der Waals surface area contributed by atoms with Crippen LogP contribution in [0.25, 0.3) is 0 Å². The average molecular weight is 382 g/mol. The molecule has 0 bridgehead atoms. The number of furan rings is 1. The van der Waals surface area contributed by atoms with Crippen LogP contribution in [0.3, 0.4) is 0 Å². The zero-order valence-corrected chi connectivity index (χ0v) is 16.0. The summed E-state index contributed by atoms with van der Waals surface area (Å²) in [5.74, 6) is 0.343. The van der Waals surface area contributed by atoms with E-state index < -0.39 is 0 Å². The Morgan fingerprint density at radius 2 is 1.54 bits per heavy atom. The van der Waals surface area contributed by atoms with Crippen molar-refractivity contribution in [1.82, 2.24) is 14.8 Å². The third-order valence-electron chi connectivity index (χ3n) is 5.52. The first-order valence-corrected chi connectivity index (χ1v) is 10.1. The number of carbonyl (C=O) groups excluding carboxylic acids is 2. The second-order valence-corrected chi connectivity index (χ2v) is 7.36. The standard InChI is InChI=1S/C21H26N4O3/c26-20(24-9-3-1-2-4-10-24)18-8-7-17(16-22-18)23-11-13-25(14-12-23)21(27)19-6-5-15-28-19/h5-8,15-16H,1-4,9-14H2. The first-order valence-electron chi connectivity index (χ1n) is 10.1. The molecule has 28 heavy (non-hydrogen) atoms. The molecule has 0 saturated carbocycles. The van der Waals surface area contributed by atoms with Crippen molar-refractivity contribution >= 4 is 17.5 Å². The van der Waals surface area contributed by atoms with Crippen LogP contribution >= 0.6 is 0 Å². The highest BCUT2D eigenvalue weighted by molar-refractivity contribution is 5.92. The number of carbonyl (C=O) groups is 2. The van der Waals surface area contributed by atoms with Crippen molar-refractivity contribution in [1.29, 1.82) is 0 Å². The molecule has 2 aliphatic rings. The van der Waals surface area contributed by atoms with Crippen molar-refractivity contribution in [2.75, 3.05) is 44.2 Å². The van der Waals surface area contributed by atoms with Gasteiger partial charge in [0.15, 0.2) is 5.76 Å². The summed E-state index contributed by atoms with van der Waals surface area (Å²) >= 11 is 0. The van der Waals surface area contributed by atoms with Gasteiger partial charge in [-0.25, -0.2) is 4.98 Å². The summed E-state index contributed by atoms with van der Waals surface area (Å²) in [6, 6.07) is 7.20. The lowest BCUT2D eigenvalue weighted by Crippen LogP contribution is -2.48. The molecule has 4 rings (SSSR count). The first kappa shape index (κ1) is 18.5. The van der Waals surface area contributed by atoms with Gasteiger partial charge >= 0.3 is 0 Å². The van der Waals surface area contributed by atoms with Crippen molar-refractivity contribution in [2.45, 2.75) is 25.7 Å². The Labute approximate surface area is 164 Å². The van der Waals surface area contributed by atoms with E-state index in [0.717, 1.165) is 44.7 Å². The number of anilines is 1. The lowest BCUT2D eigenvalue weighted by Gasteiger charge is -2.35. The molecular weight excluding hydrogens is 356 g/mol. The van der Waals surface area contributed by atoms with Crippen LogP contribution in [0.1, 0.15) is 46.7 Å². The van der Waals surface area contributed by atoms with E-state index in [1.807, 2.05) is 17.0 Å². The molecule has 0 unspecified atom stereocenters. The van der Waals surface area contributed by atoms with E-state index in [0.29, 0.717) is 24.5 Å². The van der Waals surface area contributed by atoms with Crippen LogP contribution in [0.2, 0.25) is 0 Å². The molecular formula is C21H26N4O3. The molecule has 0 aliphatic carbocycles. The van der Waals surface area contributed by atoms with Gasteiger partial charge in [0.25, 0.3) is 11.8 Å². The van der Waals surface area contributed by atoms with E-state index in [2.05, 4.69) is 9.88 Å². The third-order valence-corrected chi connectivity index (χ3v) is 5.52. The Morgan fingerprint density at radius 1 is 0.821 bits per heavy atom. The highest BCUT2D eigenvalue weighted by Gasteiger charge is 2.24. The summed E-state index contributed by atoms with van der Waals surface area (Å²) in [7, 11) is 0. The van der Waals surface area contributed by atoms with E-state index in [4.69, 9.17) is 4.42 Å². The van der Waals surface area contributed by atoms with E-state index in [9.17, 15) is 9.59 Å². The van der Waals surface area contributed by atoms with Gasteiger partial charge in [0, 0.05) is 39.3 Å². The van der Waals surface area contributed by atoms with Crippen LogP contribution in [0.5, 0.6) is 0 Å². The van der Waals surface area contributed by atoms with Crippen LogP contribution in [-0.4, -0.2) is 65.9 Å². The fourth-order valence-electron chi connectivity index (χ4n) is 3.86. The van der Waals surface area contributed by atoms with Crippen molar-refractivity contribution in [3.63, 3.8) is 0 Å². The molecule has 0 spiro atoms. The van der Waals surface area contributed by atoms with Gasteiger partial charge in [-0.1, -0.05) is 12.8 Å². The monoisotopic (exact) mass is 382 g/mol.